The molecule has 4 fully saturated rings. The zero-order valence-electron chi connectivity index (χ0n) is 15.8. The van der Waals surface area contributed by atoms with Crippen molar-refractivity contribution in [3.05, 3.63) is 39.9 Å². The van der Waals surface area contributed by atoms with Crippen LogP contribution in [0.3, 0.4) is 0 Å². The van der Waals surface area contributed by atoms with Crippen molar-refractivity contribution in [3.8, 4) is 0 Å². The van der Waals surface area contributed by atoms with E-state index in [1.54, 1.807) is 0 Å². The Balaban J connectivity index is 1.48. The van der Waals surface area contributed by atoms with E-state index in [9.17, 15) is 18.5 Å². The van der Waals surface area contributed by atoms with Gasteiger partial charge in [0.05, 0.1) is 10.7 Å². The minimum absolute atomic E-state index is 0.00560. The molecule has 0 unspecified atom stereocenters. The number of nitro benzene ring substituents is 1. The monoisotopic (exact) mass is 392 g/mol. The Bertz CT molecular complexity index is 784. The zero-order chi connectivity index (χ0) is 19.2. The van der Waals surface area contributed by atoms with Crippen molar-refractivity contribution in [2.75, 3.05) is 0 Å². The van der Waals surface area contributed by atoms with Crippen LogP contribution in [0.15, 0.2) is 24.3 Å². The highest BCUT2D eigenvalue weighted by Gasteiger charge is 2.54. The summed E-state index contributed by atoms with van der Waals surface area (Å²) in [6, 6.07) is 5.78. The molecule has 148 valence electrons. The molecule has 0 saturated heterocycles. The standard InChI is InChI=1S/C20H28N2O4S/c1-2-19(20-10-15-7-16(11-20)9-17(8-15)12-20)21-27(25,26)13-14-3-5-18(6-4-14)22(23)24/h3-6,15-17,19,21H,2,7-13H2,1H3/t15?,16?,17?,19-,20?/m0/s1. The van der Waals surface area contributed by atoms with Crippen molar-refractivity contribution in [2.24, 2.45) is 23.2 Å². The molecule has 7 heteroatoms. The minimum atomic E-state index is -3.49. The Morgan fingerprint density at radius 1 is 1.11 bits per heavy atom. The second kappa shape index (κ2) is 6.85. The molecular formula is C20H28N2O4S. The summed E-state index contributed by atoms with van der Waals surface area (Å²) < 4.78 is 28.7. The maximum absolute atomic E-state index is 12.8. The fourth-order valence-corrected chi connectivity index (χ4v) is 8.00. The summed E-state index contributed by atoms with van der Waals surface area (Å²) in [6.45, 7) is 2.08. The molecule has 0 spiro atoms. The van der Waals surface area contributed by atoms with Crippen LogP contribution >= 0.6 is 0 Å². The van der Waals surface area contributed by atoms with Crippen LogP contribution in [0.5, 0.6) is 0 Å². The molecular weight excluding hydrogens is 364 g/mol. The summed E-state index contributed by atoms with van der Waals surface area (Å²) in [7, 11) is -3.49. The van der Waals surface area contributed by atoms with Crippen LogP contribution in [0.2, 0.25) is 0 Å². The van der Waals surface area contributed by atoms with Crippen LogP contribution in [0.25, 0.3) is 0 Å². The molecule has 6 nitrogen and oxygen atoms in total. The number of non-ortho nitro benzene ring substituents is 1. The molecule has 1 aromatic rings. The molecule has 0 radical (unpaired) electrons. The quantitative estimate of drug-likeness (QED) is 0.561. The van der Waals surface area contributed by atoms with Crippen molar-refractivity contribution >= 4 is 15.7 Å². The van der Waals surface area contributed by atoms with Crippen LogP contribution in [0.1, 0.15) is 57.4 Å². The number of rotatable bonds is 7. The number of hydrogen-bond donors (Lipinski definition) is 1. The summed E-state index contributed by atoms with van der Waals surface area (Å²) >= 11 is 0. The van der Waals surface area contributed by atoms with Gasteiger partial charge in [0.25, 0.3) is 5.69 Å². The number of nitro groups is 1. The third kappa shape index (κ3) is 3.76. The van der Waals surface area contributed by atoms with Gasteiger partial charge in [-0.2, -0.15) is 0 Å². The van der Waals surface area contributed by atoms with Gasteiger partial charge in [0.1, 0.15) is 0 Å². The van der Waals surface area contributed by atoms with E-state index in [0.717, 1.165) is 24.2 Å². The molecule has 27 heavy (non-hydrogen) atoms. The summed E-state index contributed by atoms with van der Waals surface area (Å²) in [4.78, 5) is 10.3. The topological polar surface area (TPSA) is 89.3 Å². The highest BCUT2D eigenvalue weighted by atomic mass is 32.2. The van der Waals surface area contributed by atoms with Crippen molar-refractivity contribution < 1.29 is 13.3 Å². The lowest BCUT2D eigenvalue weighted by atomic mass is 9.47. The van der Waals surface area contributed by atoms with Gasteiger partial charge in [0.15, 0.2) is 0 Å². The molecule has 5 rings (SSSR count). The molecule has 4 aliphatic rings. The van der Waals surface area contributed by atoms with Gasteiger partial charge in [-0.05, 0) is 73.7 Å². The smallest absolute Gasteiger partial charge is 0.258 e. The molecule has 4 saturated carbocycles. The molecule has 1 N–H and O–H groups in total. The fourth-order valence-electron chi connectivity index (χ4n) is 6.44. The van der Waals surface area contributed by atoms with Crippen molar-refractivity contribution in [3.63, 3.8) is 0 Å². The van der Waals surface area contributed by atoms with Crippen LogP contribution in [0.4, 0.5) is 5.69 Å². The molecule has 0 heterocycles. The van der Waals surface area contributed by atoms with Crippen molar-refractivity contribution in [1.29, 1.82) is 0 Å². The van der Waals surface area contributed by atoms with E-state index in [-0.39, 0.29) is 22.9 Å². The highest BCUT2D eigenvalue weighted by Crippen LogP contribution is 2.61. The Hall–Kier alpha value is -1.47. The van der Waals surface area contributed by atoms with E-state index in [2.05, 4.69) is 11.6 Å². The average Bonchev–Trinajstić information content (AvgIpc) is 2.58. The third-order valence-corrected chi connectivity index (χ3v) is 8.42. The first kappa shape index (κ1) is 18.9. The normalized spacial score (nSPS) is 33.1. The lowest BCUT2D eigenvalue weighted by Crippen LogP contribution is -2.56. The highest BCUT2D eigenvalue weighted by molar-refractivity contribution is 7.88. The van der Waals surface area contributed by atoms with Crippen molar-refractivity contribution in [1.82, 2.24) is 4.72 Å². The average molecular weight is 393 g/mol. The first-order chi connectivity index (χ1) is 12.8. The number of benzene rings is 1. The predicted octanol–water partition coefficient (Wildman–Crippen LogP) is 4.01. The largest absolute Gasteiger partial charge is 0.269 e. The summed E-state index contributed by atoms with van der Waals surface area (Å²) in [5, 5.41) is 10.8. The second-order valence-electron chi connectivity index (χ2n) is 9.04. The van der Waals surface area contributed by atoms with Gasteiger partial charge in [-0.3, -0.25) is 10.1 Å². The molecule has 4 bridgehead atoms. The summed E-state index contributed by atoms with van der Waals surface area (Å²) in [5.74, 6) is 2.21. The Morgan fingerprint density at radius 2 is 1.63 bits per heavy atom. The van der Waals surface area contributed by atoms with Crippen LogP contribution in [-0.4, -0.2) is 19.4 Å². The minimum Gasteiger partial charge on any atom is -0.258 e. The second-order valence-corrected chi connectivity index (χ2v) is 10.8. The van der Waals surface area contributed by atoms with Gasteiger partial charge in [0.2, 0.25) is 10.0 Å². The van der Waals surface area contributed by atoms with Crippen LogP contribution in [-0.2, 0) is 15.8 Å². The number of nitrogens with one attached hydrogen (secondary N) is 1. The van der Waals surface area contributed by atoms with Crippen molar-refractivity contribution in [2.45, 2.75) is 63.7 Å². The molecule has 0 aliphatic heterocycles. The first-order valence-corrected chi connectivity index (χ1v) is 11.7. The maximum Gasteiger partial charge on any atom is 0.269 e. The van der Waals surface area contributed by atoms with Gasteiger partial charge in [-0.25, -0.2) is 13.1 Å². The van der Waals surface area contributed by atoms with Crippen LogP contribution in [0, 0.1) is 33.3 Å². The molecule has 4 aliphatic carbocycles. The van der Waals surface area contributed by atoms with Gasteiger partial charge in [-0.1, -0.05) is 19.1 Å². The van der Waals surface area contributed by atoms with Gasteiger partial charge in [-0.15, -0.1) is 0 Å². The lowest BCUT2D eigenvalue weighted by Gasteiger charge is -2.59. The number of nitrogens with zero attached hydrogens (tertiary/aromatic N) is 1. The first-order valence-electron chi connectivity index (χ1n) is 10.0. The predicted molar refractivity (Wildman–Crippen MR) is 104 cm³/mol. The fraction of sp³-hybridized carbons (Fsp3) is 0.700. The zero-order valence-corrected chi connectivity index (χ0v) is 16.6. The molecule has 0 aromatic heterocycles. The summed E-state index contributed by atoms with van der Waals surface area (Å²) in [6.07, 6.45) is 8.32. The van der Waals surface area contributed by atoms with E-state index in [1.807, 2.05) is 0 Å². The van der Waals surface area contributed by atoms with Gasteiger partial charge in [0, 0.05) is 18.2 Å². The lowest BCUT2D eigenvalue weighted by molar-refractivity contribution is -0.384. The van der Waals surface area contributed by atoms with Gasteiger partial charge < -0.3 is 0 Å². The van der Waals surface area contributed by atoms with E-state index in [1.165, 1.54) is 62.8 Å². The molecule has 1 atom stereocenters. The Labute approximate surface area is 160 Å². The maximum atomic E-state index is 12.8. The van der Waals surface area contributed by atoms with E-state index in [4.69, 9.17) is 0 Å². The Kier molecular flexibility index (Phi) is 4.79. The Morgan fingerprint density at radius 3 is 2.07 bits per heavy atom. The third-order valence-electron chi connectivity index (χ3n) is 7.06. The number of hydrogen-bond acceptors (Lipinski definition) is 4. The number of sulfonamides is 1. The summed E-state index contributed by atoms with van der Waals surface area (Å²) in [5.41, 5.74) is 0.684. The SMILES string of the molecule is CC[C@H](NS(=O)(=O)Cc1ccc([N+](=O)[O-])cc1)C12CC3CC(CC(C3)C1)C2. The van der Waals surface area contributed by atoms with Crippen LogP contribution < -0.4 is 4.72 Å². The molecule has 1 aromatic carbocycles. The van der Waals surface area contributed by atoms with E-state index in [0.29, 0.717) is 5.56 Å². The van der Waals surface area contributed by atoms with Gasteiger partial charge >= 0.3 is 0 Å². The molecule has 0 amide bonds. The van der Waals surface area contributed by atoms with E-state index >= 15 is 0 Å². The van der Waals surface area contributed by atoms with E-state index < -0.39 is 14.9 Å².